The van der Waals surface area contributed by atoms with Gasteiger partial charge >= 0.3 is 0 Å². The van der Waals surface area contributed by atoms with E-state index in [9.17, 15) is 8.60 Å². The number of nitrogens with zero attached hydrogens (tertiary/aromatic N) is 1. The molecular weight excluding hydrogens is 293 g/mol. The van der Waals surface area contributed by atoms with Crippen LogP contribution in [0.5, 0.6) is 0 Å². The molecule has 1 aromatic carbocycles. The number of rotatable bonds is 2. The van der Waals surface area contributed by atoms with Crippen molar-refractivity contribution in [1.29, 1.82) is 0 Å². The molecule has 0 heterocycles. The van der Waals surface area contributed by atoms with E-state index in [1.165, 1.54) is 6.21 Å². The first kappa shape index (κ1) is 13.5. The second-order valence-electron chi connectivity index (χ2n) is 4.24. The van der Waals surface area contributed by atoms with Gasteiger partial charge in [0, 0.05) is 11.8 Å². The monoisotopic (exact) mass is 305 g/mol. The maximum absolute atomic E-state index is 13.5. The van der Waals surface area contributed by atoms with Gasteiger partial charge in [0.05, 0.1) is 9.22 Å². The van der Waals surface area contributed by atoms with Crippen molar-refractivity contribution in [3.05, 3.63) is 34.1 Å². The average molecular weight is 306 g/mol. The maximum Gasteiger partial charge on any atom is 0.146 e. The summed E-state index contributed by atoms with van der Waals surface area (Å²) in [6.45, 7) is 5.45. The Morgan fingerprint density at radius 1 is 1.44 bits per heavy atom. The molecule has 0 saturated carbocycles. The van der Waals surface area contributed by atoms with Crippen LogP contribution in [0.2, 0.25) is 0 Å². The van der Waals surface area contributed by atoms with Crippen LogP contribution in [0.25, 0.3) is 0 Å². The highest BCUT2D eigenvalue weighted by atomic mass is 79.9. The van der Waals surface area contributed by atoms with Crippen molar-refractivity contribution in [2.45, 2.75) is 25.5 Å². The van der Waals surface area contributed by atoms with E-state index >= 15 is 0 Å². The summed E-state index contributed by atoms with van der Waals surface area (Å²) in [5, 5.41) is 0. The second-order valence-corrected chi connectivity index (χ2v) is 7.03. The minimum atomic E-state index is -1.37. The predicted octanol–water partition coefficient (Wildman–Crippen LogP) is 3.47. The molecular formula is C11H13BrFNOS. The first-order valence-corrected chi connectivity index (χ1v) is 6.62. The van der Waals surface area contributed by atoms with Crippen molar-refractivity contribution in [2.24, 2.45) is 4.40 Å². The molecule has 2 nitrogen and oxygen atoms in total. The Hall–Kier alpha value is -0.550. The van der Waals surface area contributed by atoms with Gasteiger partial charge in [0.25, 0.3) is 0 Å². The number of hydrogen-bond donors (Lipinski definition) is 0. The van der Waals surface area contributed by atoms with E-state index in [0.717, 1.165) is 0 Å². The highest BCUT2D eigenvalue weighted by Gasteiger charge is 2.18. The fourth-order valence-electron chi connectivity index (χ4n) is 0.883. The van der Waals surface area contributed by atoms with E-state index in [2.05, 4.69) is 20.3 Å². The molecule has 1 rings (SSSR count). The van der Waals surface area contributed by atoms with E-state index in [1.54, 1.807) is 18.2 Å². The maximum atomic E-state index is 13.5. The summed E-state index contributed by atoms with van der Waals surface area (Å²) in [5.41, 5.74) is 0.326. The average Bonchev–Trinajstić information content (AvgIpc) is 2.18. The molecule has 0 spiro atoms. The molecule has 0 amide bonds. The van der Waals surface area contributed by atoms with Gasteiger partial charge in [0.2, 0.25) is 0 Å². The zero-order valence-corrected chi connectivity index (χ0v) is 11.7. The third-order valence-electron chi connectivity index (χ3n) is 1.79. The summed E-state index contributed by atoms with van der Waals surface area (Å²) >= 11 is 3.08. The van der Waals surface area contributed by atoms with Gasteiger partial charge in [-0.2, -0.15) is 4.40 Å². The summed E-state index contributed by atoms with van der Waals surface area (Å²) in [6, 6.07) is 4.89. The van der Waals surface area contributed by atoms with Crippen molar-refractivity contribution in [3.63, 3.8) is 0 Å². The fraction of sp³-hybridized carbons (Fsp3) is 0.364. The van der Waals surface area contributed by atoms with Crippen LogP contribution in [0.15, 0.2) is 27.1 Å². The van der Waals surface area contributed by atoms with Crippen LogP contribution in [-0.4, -0.2) is 15.2 Å². The molecule has 5 heteroatoms. The van der Waals surface area contributed by atoms with Gasteiger partial charge in [0.1, 0.15) is 16.8 Å². The van der Waals surface area contributed by atoms with Crippen LogP contribution >= 0.6 is 15.9 Å². The summed E-state index contributed by atoms with van der Waals surface area (Å²) in [7, 11) is -1.37. The van der Waals surface area contributed by atoms with Crippen LogP contribution in [0.4, 0.5) is 4.39 Å². The lowest BCUT2D eigenvalue weighted by molar-refractivity contribution is 0.619. The van der Waals surface area contributed by atoms with Crippen LogP contribution in [0.1, 0.15) is 26.3 Å². The smallest absolute Gasteiger partial charge is 0.146 e. The Bertz CT molecular complexity index is 440. The molecule has 0 radical (unpaired) electrons. The zero-order chi connectivity index (χ0) is 12.3. The lowest BCUT2D eigenvalue weighted by Crippen LogP contribution is -2.19. The first-order chi connectivity index (χ1) is 7.32. The van der Waals surface area contributed by atoms with Crippen molar-refractivity contribution >= 4 is 33.1 Å². The lowest BCUT2D eigenvalue weighted by atomic mass is 10.2. The second kappa shape index (κ2) is 5.19. The number of hydrogen-bond acceptors (Lipinski definition) is 1. The quantitative estimate of drug-likeness (QED) is 0.769. The lowest BCUT2D eigenvalue weighted by Gasteiger charge is -2.12. The Kier molecular flexibility index (Phi) is 4.38. The minimum Gasteiger partial charge on any atom is -0.234 e. The molecule has 0 aromatic heterocycles. The molecule has 0 saturated heterocycles. The predicted molar refractivity (Wildman–Crippen MR) is 69.6 cm³/mol. The molecule has 0 aliphatic carbocycles. The Balaban J connectivity index is 2.94. The minimum absolute atomic E-state index is 0.326. The third-order valence-corrected chi connectivity index (χ3v) is 3.75. The van der Waals surface area contributed by atoms with Crippen LogP contribution in [-0.2, 0) is 11.0 Å². The molecule has 0 bridgehead atoms. The van der Waals surface area contributed by atoms with Crippen molar-refractivity contribution in [2.75, 3.05) is 0 Å². The number of halogens is 2. The highest BCUT2D eigenvalue weighted by molar-refractivity contribution is 9.10. The van der Waals surface area contributed by atoms with Crippen molar-refractivity contribution in [1.82, 2.24) is 0 Å². The van der Waals surface area contributed by atoms with E-state index in [-0.39, 0.29) is 0 Å². The molecule has 88 valence electrons. The van der Waals surface area contributed by atoms with Crippen LogP contribution in [0.3, 0.4) is 0 Å². The Morgan fingerprint density at radius 2 is 2.06 bits per heavy atom. The number of benzene rings is 1. The van der Waals surface area contributed by atoms with E-state index in [1.807, 2.05) is 20.8 Å². The van der Waals surface area contributed by atoms with Crippen molar-refractivity contribution in [3.8, 4) is 0 Å². The van der Waals surface area contributed by atoms with Gasteiger partial charge in [-0.05, 0) is 42.8 Å². The largest absolute Gasteiger partial charge is 0.234 e. The van der Waals surface area contributed by atoms with Gasteiger partial charge in [0.15, 0.2) is 0 Å². The van der Waals surface area contributed by atoms with Gasteiger partial charge in [-0.15, -0.1) is 0 Å². The standard InChI is InChI=1S/C11H13BrFNOS/c1-11(2,3)16(15)14-7-8-5-4-6-9(12)10(8)13/h4-7H,1-3H3/t16-/m1/s1. The summed E-state index contributed by atoms with van der Waals surface area (Å²) in [6.07, 6.45) is 1.31. The van der Waals surface area contributed by atoms with Gasteiger partial charge in [-0.1, -0.05) is 12.1 Å². The first-order valence-electron chi connectivity index (χ1n) is 4.72. The molecule has 0 fully saturated rings. The third kappa shape index (κ3) is 3.49. The molecule has 1 aromatic rings. The molecule has 0 aliphatic heterocycles. The highest BCUT2D eigenvalue weighted by Crippen LogP contribution is 2.18. The van der Waals surface area contributed by atoms with E-state index in [4.69, 9.17) is 0 Å². The van der Waals surface area contributed by atoms with Gasteiger partial charge in [-0.25, -0.2) is 8.60 Å². The van der Waals surface area contributed by atoms with Crippen LogP contribution in [0, 0.1) is 5.82 Å². The molecule has 0 N–H and O–H groups in total. The van der Waals surface area contributed by atoms with E-state index < -0.39 is 21.5 Å². The topological polar surface area (TPSA) is 29.4 Å². The fourth-order valence-corrected chi connectivity index (χ4v) is 1.79. The summed E-state index contributed by atoms with van der Waals surface area (Å²) < 4.78 is 28.9. The van der Waals surface area contributed by atoms with Crippen molar-refractivity contribution < 1.29 is 8.60 Å². The molecule has 0 unspecified atom stereocenters. The zero-order valence-electron chi connectivity index (χ0n) is 9.33. The Labute approximate surface area is 106 Å². The van der Waals surface area contributed by atoms with Gasteiger partial charge in [-0.3, -0.25) is 0 Å². The summed E-state index contributed by atoms with van der Waals surface area (Å²) in [5.74, 6) is -0.392. The van der Waals surface area contributed by atoms with Crippen LogP contribution < -0.4 is 0 Å². The van der Waals surface area contributed by atoms with Gasteiger partial charge < -0.3 is 0 Å². The van der Waals surface area contributed by atoms with E-state index in [0.29, 0.717) is 10.0 Å². The normalized spacial score (nSPS) is 14.3. The SMILES string of the molecule is CC(C)(C)[S@@](=O)N=Cc1cccc(Br)c1F. The molecule has 16 heavy (non-hydrogen) atoms. The summed E-state index contributed by atoms with van der Waals surface area (Å²) in [4.78, 5) is 0. The Morgan fingerprint density at radius 3 is 2.62 bits per heavy atom. The molecule has 0 aliphatic rings. The molecule has 1 atom stereocenters.